The highest BCUT2D eigenvalue weighted by atomic mass is 35.5. The molecule has 6 rings (SSSR count). The Morgan fingerprint density at radius 1 is 1.03 bits per heavy atom. The summed E-state index contributed by atoms with van der Waals surface area (Å²) in [5.41, 5.74) is 0.867. The van der Waals surface area contributed by atoms with Crippen LogP contribution in [0.3, 0.4) is 0 Å². The van der Waals surface area contributed by atoms with Crippen LogP contribution in [0.1, 0.15) is 50.5 Å². The first-order valence-corrected chi connectivity index (χ1v) is 12.7. The SMILES string of the molecule is O=C(NCC1CCN(C(=O)NCc2ccc(Cl)cc2Cl)C1)NC12CC3CC(CC(C3)C1)C2. The molecule has 1 unspecified atom stereocenters. The molecule has 8 heteroatoms. The van der Waals surface area contributed by atoms with Gasteiger partial charge in [-0.25, -0.2) is 9.59 Å². The molecule has 5 aliphatic rings. The number of hydrogen-bond acceptors (Lipinski definition) is 2. The molecule has 1 atom stereocenters. The van der Waals surface area contributed by atoms with Crippen LogP contribution < -0.4 is 16.0 Å². The van der Waals surface area contributed by atoms with Crippen LogP contribution in [-0.2, 0) is 6.54 Å². The van der Waals surface area contributed by atoms with E-state index >= 15 is 0 Å². The predicted octanol–water partition coefficient (Wildman–Crippen LogP) is 4.79. The molecule has 1 heterocycles. The van der Waals surface area contributed by atoms with E-state index in [1.54, 1.807) is 12.1 Å². The highest BCUT2D eigenvalue weighted by molar-refractivity contribution is 6.35. The van der Waals surface area contributed by atoms with Crippen molar-refractivity contribution in [1.82, 2.24) is 20.9 Å². The van der Waals surface area contributed by atoms with E-state index in [2.05, 4.69) is 16.0 Å². The molecule has 5 fully saturated rings. The molecule has 0 spiro atoms. The summed E-state index contributed by atoms with van der Waals surface area (Å²) in [6, 6.07) is 5.13. The van der Waals surface area contributed by atoms with Gasteiger partial charge in [-0.3, -0.25) is 0 Å². The van der Waals surface area contributed by atoms with Gasteiger partial charge in [0.15, 0.2) is 0 Å². The minimum atomic E-state index is -0.100. The van der Waals surface area contributed by atoms with Crippen molar-refractivity contribution in [3.05, 3.63) is 33.8 Å². The van der Waals surface area contributed by atoms with Crippen LogP contribution in [0.5, 0.6) is 0 Å². The molecule has 6 nitrogen and oxygen atoms in total. The third-order valence-electron chi connectivity index (χ3n) is 7.99. The van der Waals surface area contributed by atoms with Gasteiger partial charge >= 0.3 is 12.1 Å². The van der Waals surface area contributed by atoms with Crippen LogP contribution in [-0.4, -0.2) is 42.1 Å². The first kappa shape index (κ1) is 22.1. The predicted molar refractivity (Wildman–Crippen MR) is 126 cm³/mol. The van der Waals surface area contributed by atoms with E-state index in [1.807, 2.05) is 11.0 Å². The van der Waals surface area contributed by atoms with Crippen LogP contribution in [0.4, 0.5) is 9.59 Å². The summed E-state index contributed by atoms with van der Waals surface area (Å²) in [6.07, 6.45) is 8.46. The fourth-order valence-corrected chi connectivity index (χ4v) is 7.39. The number of urea groups is 2. The van der Waals surface area contributed by atoms with Crippen molar-refractivity contribution >= 4 is 35.3 Å². The molecular formula is C24H32Cl2N4O2. The number of likely N-dealkylation sites (tertiary alicyclic amines) is 1. The molecule has 3 N–H and O–H groups in total. The lowest BCUT2D eigenvalue weighted by molar-refractivity contribution is -0.0135. The quantitative estimate of drug-likeness (QED) is 0.568. The second-order valence-electron chi connectivity index (χ2n) is 10.5. The standard InChI is InChI=1S/C24H32Cl2N4O2/c25-20-2-1-19(21(26)8-20)13-28-23(32)30-4-3-15(14-30)12-27-22(31)29-24-9-16-5-17(10-24)7-18(6-16)11-24/h1-2,8,15-18H,3-7,9-14H2,(H,28,32)(H2,27,29,31). The van der Waals surface area contributed by atoms with E-state index in [0.717, 1.165) is 49.0 Å². The normalized spacial score (nSPS) is 32.8. The summed E-state index contributed by atoms with van der Waals surface area (Å²) in [4.78, 5) is 27.0. The molecule has 4 bridgehead atoms. The number of halogens is 2. The smallest absolute Gasteiger partial charge is 0.317 e. The van der Waals surface area contributed by atoms with Crippen LogP contribution in [0.25, 0.3) is 0 Å². The molecule has 174 valence electrons. The molecule has 1 aliphatic heterocycles. The highest BCUT2D eigenvalue weighted by Crippen LogP contribution is 2.55. The zero-order valence-corrected chi connectivity index (χ0v) is 19.9. The summed E-state index contributed by atoms with van der Waals surface area (Å²) in [5.74, 6) is 2.71. The third kappa shape index (κ3) is 4.81. The van der Waals surface area contributed by atoms with Gasteiger partial charge in [-0.05, 0) is 86.3 Å². The molecule has 0 aromatic heterocycles. The Morgan fingerprint density at radius 2 is 1.72 bits per heavy atom. The molecule has 4 aliphatic carbocycles. The lowest BCUT2D eigenvalue weighted by Gasteiger charge is -2.56. The number of nitrogens with one attached hydrogen (secondary N) is 3. The fourth-order valence-electron chi connectivity index (χ4n) is 6.92. The summed E-state index contributed by atoms with van der Waals surface area (Å²) in [6.45, 7) is 2.31. The zero-order valence-electron chi connectivity index (χ0n) is 18.3. The highest BCUT2D eigenvalue weighted by Gasteiger charge is 2.51. The van der Waals surface area contributed by atoms with Crippen molar-refractivity contribution < 1.29 is 9.59 Å². The summed E-state index contributed by atoms with van der Waals surface area (Å²) in [5, 5.41) is 10.5. The van der Waals surface area contributed by atoms with Gasteiger partial charge < -0.3 is 20.9 Å². The van der Waals surface area contributed by atoms with Gasteiger partial charge in [0.2, 0.25) is 0 Å². The Morgan fingerprint density at radius 3 is 2.38 bits per heavy atom. The van der Waals surface area contributed by atoms with Gasteiger partial charge in [0.05, 0.1) is 0 Å². The summed E-state index contributed by atoms with van der Waals surface area (Å²) in [7, 11) is 0. The maximum Gasteiger partial charge on any atom is 0.317 e. The van der Waals surface area contributed by atoms with Crippen molar-refractivity contribution in [3.8, 4) is 0 Å². The molecular weight excluding hydrogens is 447 g/mol. The van der Waals surface area contributed by atoms with Gasteiger partial charge in [-0.2, -0.15) is 0 Å². The molecule has 1 aromatic carbocycles. The Kier molecular flexibility index (Phi) is 6.19. The molecule has 1 saturated heterocycles. The number of benzene rings is 1. The van der Waals surface area contributed by atoms with E-state index in [4.69, 9.17) is 23.2 Å². The topological polar surface area (TPSA) is 73.5 Å². The average Bonchev–Trinajstić information content (AvgIpc) is 3.19. The van der Waals surface area contributed by atoms with Crippen molar-refractivity contribution in [2.45, 2.75) is 57.0 Å². The minimum Gasteiger partial charge on any atom is -0.338 e. The lowest BCUT2D eigenvalue weighted by atomic mass is 9.53. The van der Waals surface area contributed by atoms with Gasteiger partial charge in [0.25, 0.3) is 0 Å². The van der Waals surface area contributed by atoms with E-state index in [0.29, 0.717) is 36.2 Å². The summed E-state index contributed by atoms with van der Waals surface area (Å²) >= 11 is 12.1. The van der Waals surface area contributed by atoms with Crippen LogP contribution in [0, 0.1) is 23.7 Å². The largest absolute Gasteiger partial charge is 0.338 e. The minimum absolute atomic E-state index is 0.0311. The average molecular weight is 479 g/mol. The monoisotopic (exact) mass is 478 g/mol. The maximum atomic E-state index is 12.7. The second-order valence-corrected chi connectivity index (χ2v) is 11.4. The van der Waals surface area contributed by atoms with Crippen LogP contribution in [0.2, 0.25) is 10.0 Å². The van der Waals surface area contributed by atoms with Gasteiger partial charge in [-0.1, -0.05) is 29.3 Å². The maximum absolute atomic E-state index is 12.7. The van der Waals surface area contributed by atoms with Crippen LogP contribution in [0.15, 0.2) is 18.2 Å². The first-order valence-electron chi connectivity index (χ1n) is 11.9. The molecule has 4 saturated carbocycles. The van der Waals surface area contributed by atoms with Crippen molar-refractivity contribution in [2.24, 2.45) is 23.7 Å². The molecule has 1 aromatic rings. The summed E-state index contributed by atoms with van der Waals surface area (Å²) < 4.78 is 0. The van der Waals surface area contributed by atoms with Crippen molar-refractivity contribution in [1.29, 1.82) is 0 Å². The second kappa shape index (κ2) is 8.94. The molecule has 32 heavy (non-hydrogen) atoms. The van der Waals surface area contributed by atoms with E-state index in [1.165, 1.54) is 19.3 Å². The van der Waals surface area contributed by atoms with Crippen LogP contribution >= 0.6 is 23.2 Å². The Bertz CT molecular complexity index is 857. The van der Waals surface area contributed by atoms with Crippen molar-refractivity contribution in [2.75, 3.05) is 19.6 Å². The Balaban J connectivity index is 1.05. The number of carbonyl (C=O) groups is 2. The molecule has 0 radical (unpaired) electrons. The Hall–Kier alpha value is -1.66. The fraction of sp³-hybridized carbons (Fsp3) is 0.667. The Labute approximate surface area is 199 Å². The van der Waals surface area contributed by atoms with E-state index < -0.39 is 0 Å². The number of amides is 4. The zero-order chi connectivity index (χ0) is 22.3. The van der Waals surface area contributed by atoms with Gasteiger partial charge in [-0.15, -0.1) is 0 Å². The van der Waals surface area contributed by atoms with Gasteiger partial charge in [0, 0.05) is 41.8 Å². The third-order valence-corrected chi connectivity index (χ3v) is 8.57. The lowest BCUT2D eigenvalue weighted by Crippen LogP contribution is -2.61. The van der Waals surface area contributed by atoms with E-state index in [-0.39, 0.29) is 23.5 Å². The van der Waals surface area contributed by atoms with Gasteiger partial charge in [0.1, 0.15) is 0 Å². The first-order chi connectivity index (χ1) is 15.4. The van der Waals surface area contributed by atoms with E-state index in [9.17, 15) is 9.59 Å². The number of nitrogens with zero attached hydrogens (tertiary/aromatic N) is 1. The van der Waals surface area contributed by atoms with Crippen molar-refractivity contribution in [3.63, 3.8) is 0 Å². The number of rotatable bonds is 5. The number of hydrogen-bond donors (Lipinski definition) is 3. The molecule has 4 amide bonds. The number of carbonyl (C=O) groups excluding carboxylic acids is 2.